The molecular weight excluding hydrogens is 190 g/mol. The van der Waals surface area contributed by atoms with Gasteiger partial charge in [-0.15, -0.1) is 0 Å². The summed E-state index contributed by atoms with van der Waals surface area (Å²) in [6, 6.07) is 3.79. The standard InChI is InChI=1S/C11H19N3O/c1-4-8(2)10(14-12)11-9(15-3)6-5-7-13-11/h5-8,10,14H,4,12H2,1-3H3. The molecule has 15 heavy (non-hydrogen) atoms. The van der Waals surface area contributed by atoms with Gasteiger partial charge < -0.3 is 4.74 Å². The molecule has 84 valence electrons. The molecule has 1 aromatic rings. The summed E-state index contributed by atoms with van der Waals surface area (Å²) in [6.45, 7) is 4.27. The Morgan fingerprint density at radius 3 is 2.87 bits per heavy atom. The SMILES string of the molecule is CCC(C)C(NN)c1ncccc1OC. The molecule has 1 aromatic heterocycles. The number of aromatic nitrogens is 1. The van der Waals surface area contributed by atoms with Gasteiger partial charge in [0, 0.05) is 6.20 Å². The van der Waals surface area contributed by atoms with E-state index in [0.717, 1.165) is 17.9 Å². The van der Waals surface area contributed by atoms with Crippen molar-refractivity contribution >= 4 is 0 Å². The molecule has 0 aliphatic rings. The molecule has 0 fully saturated rings. The molecule has 0 aliphatic carbocycles. The van der Waals surface area contributed by atoms with E-state index < -0.39 is 0 Å². The molecular formula is C11H19N3O. The minimum atomic E-state index is 0.0335. The van der Waals surface area contributed by atoms with Gasteiger partial charge in [-0.3, -0.25) is 16.3 Å². The molecule has 3 N–H and O–H groups in total. The monoisotopic (exact) mass is 209 g/mol. The number of pyridine rings is 1. The first kappa shape index (κ1) is 11.9. The number of nitrogens with one attached hydrogen (secondary N) is 1. The Labute approximate surface area is 90.8 Å². The van der Waals surface area contributed by atoms with Crippen LogP contribution in [-0.2, 0) is 0 Å². The van der Waals surface area contributed by atoms with Crippen molar-refractivity contribution < 1.29 is 4.74 Å². The number of hydrazine groups is 1. The summed E-state index contributed by atoms with van der Waals surface area (Å²) in [5.74, 6) is 6.75. The highest BCUT2D eigenvalue weighted by Gasteiger charge is 2.21. The Morgan fingerprint density at radius 2 is 2.33 bits per heavy atom. The van der Waals surface area contributed by atoms with Crippen LogP contribution in [-0.4, -0.2) is 12.1 Å². The summed E-state index contributed by atoms with van der Waals surface area (Å²) in [5, 5.41) is 0. The number of hydrogen-bond acceptors (Lipinski definition) is 4. The fraction of sp³-hybridized carbons (Fsp3) is 0.545. The van der Waals surface area contributed by atoms with Crippen LogP contribution in [0.2, 0.25) is 0 Å². The molecule has 4 nitrogen and oxygen atoms in total. The Morgan fingerprint density at radius 1 is 1.60 bits per heavy atom. The van der Waals surface area contributed by atoms with Gasteiger partial charge in [0.2, 0.25) is 0 Å². The van der Waals surface area contributed by atoms with Crippen LogP contribution < -0.4 is 16.0 Å². The summed E-state index contributed by atoms with van der Waals surface area (Å²) >= 11 is 0. The maximum absolute atomic E-state index is 5.56. The van der Waals surface area contributed by atoms with Crippen LogP contribution in [0.5, 0.6) is 5.75 Å². The minimum Gasteiger partial charge on any atom is -0.495 e. The van der Waals surface area contributed by atoms with Crippen molar-refractivity contribution in [3.05, 3.63) is 24.0 Å². The smallest absolute Gasteiger partial charge is 0.142 e. The lowest BCUT2D eigenvalue weighted by Gasteiger charge is -2.22. The number of ether oxygens (including phenoxy) is 1. The second-order valence-corrected chi connectivity index (χ2v) is 3.62. The van der Waals surface area contributed by atoms with Crippen molar-refractivity contribution in [3.63, 3.8) is 0 Å². The zero-order valence-electron chi connectivity index (χ0n) is 9.53. The predicted molar refractivity (Wildman–Crippen MR) is 60.3 cm³/mol. The molecule has 4 heteroatoms. The molecule has 0 spiro atoms. The fourth-order valence-electron chi connectivity index (χ4n) is 1.56. The number of nitrogens with two attached hydrogens (primary N) is 1. The van der Waals surface area contributed by atoms with Crippen molar-refractivity contribution in [2.24, 2.45) is 11.8 Å². The van der Waals surface area contributed by atoms with Crippen molar-refractivity contribution in [2.75, 3.05) is 7.11 Å². The van der Waals surface area contributed by atoms with Crippen LogP contribution in [0.3, 0.4) is 0 Å². The third kappa shape index (κ3) is 2.67. The first-order chi connectivity index (χ1) is 7.24. The lowest BCUT2D eigenvalue weighted by Crippen LogP contribution is -2.33. The Kier molecular flexibility index (Phi) is 4.52. The van der Waals surface area contributed by atoms with Crippen LogP contribution in [0.4, 0.5) is 0 Å². The Hall–Kier alpha value is -1.13. The average Bonchev–Trinajstić information content (AvgIpc) is 2.30. The lowest BCUT2D eigenvalue weighted by molar-refractivity contribution is 0.346. The van der Waals surface area contributed by atoms with Gasteiger partial charge in [-0.05, 0) is 18.1 Å². The third-order valence-electron chi connectivity index (χ3n) is 2.71. The summed E-state index contributed by atoms with van der Waals surface area (Å²) in [7, 11) is 1.64. The van der Waals surface area contributed by atoms with Crippen molar-refractivity contribution in [1.82, 2.24) is 10.4 Å². The van der Waals surface area contributed by atoms with E-state index in [1.807, 2.05) is 12.1 Å². The molecule has 2 unspecified atom stereocenters. The number of methoxy groups -OCH3 is 1. The molecule has 0 saturated heterocycles. The third-order valence-corrected chi connectivity index (χ3v) is 2.71. The van der Waals surface area contributed by atoms with Crippen molar-refractivity contribution in [2.45, 2.75) is 26.3 Å². The largest absolute Gasteiger partial charge is 0.495 e. The van der Waals surface area contributed by atoms with Crippen molar-refractivity contribution in [3.8, 4) is 5.75 Å². The van der Waals surface area contributed by atoms with E-state index in [1.165, 1.54) is 0 Å². The second kappa shape index (κ2) is 5.68. The summed E-state index contributed by atoms with van der Waals surface area (Å²) in [5.41, 5.74) is 3.67. The highest BCUT2D eigenvalue weighted by Crippen LogP contribution is 2.28. The minimum absolute atomic E-state index is 0.0335. The quantitative estimate of drug-likeness (QED) is 0.571. The van der Waals surface area contributed by atoms with Gasteiger partial charge in [-0.25, -0.2) is 0 Å². The first-order valence-corrected chi connectivity index (χ1v) is 5.19. The van der Waals surface area contributed by atoms with E-state index in [1.54, 1.807) is 13.3 Å². The van der Waals surface area contributed by atoms with Gasteiger partial charge in [0.15, 0.2) is 0 Å². The highest BCUT2D eigenvalue weighted by atomic mass is 16.5. The fourth-order valence-corrected chi connectivity index (χ4v) is 1.56. The summed E-state index contributed by atoms with van der Waals surface area (Å²) < 4.78 is 5.26. The number of rotatable bonds is 5. The maximum atomic E-state index is 5.56. The average molecular weight is 209 g/mol. The van der Waals surface area contributed by atoms with Gasteiger partial charge in [0.1, 0.15) is 11.4 Å². The zero-order chi connectivity index (χ0) is 11.3. The molecule has 0 amide bonds. The normalized spacial score (nSPS) is 14.7. The predicted octanol–water partition coefficient (Wildman–Crippen LogP) is 1.64. The van der Waals surface area contributed by atoms with Crippen LogP contribution in [0, 0.1) is 5.92 Å². The summed E-state index contributed by atoms with van der Waals surface area (Å²) in [6.07, 6.45) is 2.79. The van der Waals surface area contributed by atoms with Crippen molar-refractivity contribution in [1.29, 1.82) is 0 Å². The van der Waals surface area contributed by atoms with Gasteiger partial charge >= 0.3 is 0 Å². The molecule has 0 bridgehead atoms. The molecule has 1 rings (SSSR count). The van der Waals surface area contributed by atoms with E-state index in [9.17, 15) is 0 Å². The van der Waals surface area contributed by atoms with Crippen LogP contribution in [0.15, 0.2) is 18.3 Å². The lowest BCUT2D eigenvalue weighted by atomic mass is 9.96. The second-order valence-electron chi connectivity index (χ2n) is 3.62. The van der Waals surface area contributed by atoms with Gasteiger partial charge in [-0.2, -0.15) is 0 Å². The topological polar surface area (TPSA) is 60.2 Å². The van der Waals surface area contributed by atoms with Crippen LogP contribution >= 0.6 is 0 Å². The molecule has 2 atom stereocenters. The molecule has 0 aromatic carbocycles. The first-order valence-electron chi connectivity index (χ1n) is 5.19. The van der Waals surface area contributed by atoms with Gasteiger partial charge in [0.05, 0.1) is 13.2 Å². The maximum Gasteiger partial charge on any atom is 0.142 e. The molecule has 0 radical (unpaired) electrons. The number of nitrogens with zero attached hydrogens (tertiary/aromatic N) is 1. The van der Waals surface area contributed by atoms with E-state index >= 15 is 0 Å². The van der Waals surface area contributed by atoms with Gasteiger partial charge in [-0.1, -0.05) is 20.3 Å². The van der Waals surface area contributed by atoms with E-state index in [2.05, 4.69) is 24.3 Å². The van der Waals surface area contributed by atoms with Crippen LogP contribution in [0.25, 0.3) is 0 Å². The summed E-state index contributed by atoms with van der Waals surface area (Å²) in [4.78, 5) is 4.32. The molecule has 0 aliphatic heterocycles. The van der Waals surface area contributed by atoms with Crippen LogP contribution in [0.1, 0.15) is 32.0 Å². The van der Waals surface area contributed by atoms with Gasteiger partial charge in [0.25, 0.3) is 0 Å². The zero-order valence-corrected chi connectivity index (χ0v) is 9.53. The Bertz CT molecular complexity index is 304. The van der Waals surface area contributed by atoms with E-state index in [-0.39, 0.29) is 6.04 Å². The Balaban J connectivity index is 3.00. The number of hydrogen-bond donors (Lipinski definition) is 2. The van der Waals surface area contributed by atoms with E-state index in [0.29, 0.717) is 5.92 Å². The molecule has 0 saturated carbocycles. The van der Waals surface area contributed by atoms with E-state index in [4.69, 9.17) is 10.6 Å². The highest BCUT2D eigenvalue weighted by molar-refractivity contribution is 5.29. The molecule has 1 heterocycles.